The Morgan fingerprint density at radius 2 is 1.67 bits per heavy atom. The average molecular weight is 365 g/mol. The summed E-state index contributed by atoms with van der Waals surface area (Å²) in [6, 6.07) is 8.88. The van der Waals surface area contributed by atoms with E-state index in [4.69, 9.17) is 0 Å². The van der Waals surface area contributed by atoms with Crippen LogP contribution in [-0.4, -0.2) is 20.5 Å². The van der Waals surface area contributed by atoms with Crippen molar-refractivity contribution in [3.63, 3.8) is 0 Å². The number of nitrogens with zero attached hydrogens (tertiary/aromatic N) is 3. The molecular weight excluding hydrogens is 332 g/mol. The van der Waals surface area contributed by atoms with E-state index in [1.54, 1.807) is 0 Å². The second-order valence-electron chi connectivity index (χ2n) is 9.86. The van der Waals surface area contributed by atoms with Crippen LogP contribution < -0.4 is 5.32 Å². The maximum atomic E-state index is 4.43. The normalized spacial score (nSPS) is 31.7. The van der Waals surface area contributed by atoms with Crippen molar-refractivity contribution in [3.05, 3.63) is 47.3 Å². The number of hydrogen-bond donors (Lipinski definition) is 1. The topological polar surface area (TPSA) is 42.7 Å². The van der Waals surface area contributed by atoms with Gasteiger partial charge in [-0.05, 0) is 73.3 Å². The zero-order valence-electron chi connectivity index (χ0n) is 16.7. The Bertz CT molecular complexity index is 754. The van der Waals surface area contributed by atoms with Gasteiger partial charge >= 0.3 is 0 Å². The first-order chi connectivity index (χ1) is 13.1. The van der Waals surface area contributed by atoms with E-state index >= 15 is 0 Å². The Balaban J connectivity index is 1.20. The van der Waals surface area contributed by atoms with Gasteiger partial charge in [-0.1, -0.05) is 43.3 Å². The average Bonchev–Trinajstić information content (AvgIpc) is 3.07. The fourth-order valence-corrected chi connectivity index (χ4v) is 6.30. The number of rotatable bonds is 6. The van der Waals surface area contributed by atoms with Crippen LogP contribution >= 0.6 is 0 Å². The second kappa shape index (κ2) is 6.73. The van der Waals surface area contributed by atoms with Crippen molar-refractivity contribution in [2.75, 3.05) is 0 Å². The van der Waals surface area contributed by atoms with E-state index in [9.17, 15) is 0 Å². The lowest BCUT2D eigenvalue weighted by Crippen LogP contribution is -2.58. The molecule has 0 aliphatic heterocycles. The van der Waals surface area contributed by atoms with Gasteiger partial charge in [0.05, 0.1) is 18.4 Å². The monoisotopic (exact) mass is 364 g/mol. The van der Waals surface area contributed by atoms with Crippen LogP contribution in [-0.2, 0) is 13.1 Å². The molecular formula is C23H32N4. The van der Waals surface area contributed by atoms with Crippen LogP contribution in [0.15, 0.2) is 30.5 Å². The Kier molecular flexibility index (Phi) is 4.34. The van der Waals surface area contributed by atoms with Gasteiger partial charge in [0.25, 0.3) is 0 Å². The van der Waals surface area contributed by atoms with Gasteiger partial charge in [-0.2, -0.15) is 0 Å². The van der Waals surface area contributed by atoms with Gasteiger partial charge < -0.3 is 5.32 Å². The van der Waals surface area contributed by atoms with E-state index in [-0.39, 0.29) is 0 Å². The molecule has 0 saturated heterocycles. The van der Waals surface area contributed by atoms with E-state index < -0.39 is 0 Å². The summed E-state index contributed by atoms with van der Waals surface area (Å²) in [5, 5.41) is 12.7. The second-order valence-corrected chi connectivity index (χ2v) is 9.86. The minimum Gasteiger partial charge on any atom is -0.305 e. The largest absolute Gasteiger partial charge is 0.305 e. The molecule has 1 aromatic carbocycles. The Hall–Kier alpha value is -1.68. The van der Waals surface area contributed by atoms with Gasteiger partial charge in [-0.15, -0.1) is 5.10 Å². The molecule has 0 radical (unpaired) electrons. The predicted molar refractivity (Wildman–Crippen MR) is 107 cm³/mol. The molecule has 0 amide bonds. The van der Waals surface area contributed by atoms with Crippen LogP contribution in [0.3, 0.4) is 0 Å². The number of nitrogens with one attached hydrogen (secondary N) is 1. The lowest BCUT2D eigenvalue weighted by molar-refractivity contribution is -0.0207. The van der Waals surface area contributed by atoms with Gasteiger partial charge in [0, 0.05) is 12.1 Å². The third kappa shape index (κ3) is 3.56. The molecule has 27 heavy (non-hydrogen) atoms. The highest BCUT2D eigenvalue weighted by atomic mass is 15.4. The highest BCUT2D eigenvalue weighted by Gasteiger charge is 2.50. The molecule has 1 aromatic heterocycles. The molecule has 0 atom stereocenters. The van der Waals surface area contributed by atoms with E-state index in [1.165, 1.54) is 49.7 Å². The maximum absolute atomic E-state index is 4.43. The van der Waals surface area contributed by atoms with E-state index in [2.05, 4.69) is 59.9 Å². The van der Waals surface area contributed by atoms with Crippen LogP contribution in [0.2, 0.25) is 0 Å². The van der Waals surface area contributed by atoms with Crippen LogP contribution in [0.1, 0.15) is 75.1 Å². The third-order valence-electron chi connectivity index (χ3n) is 7.26. The molecule has 4 aliphatic carbocycles. The molecule has 0 spiro atoms. The zero-order valence-corrected chi connectivity index (χ0v) is 16.7. The fourth-order valence-electron chi connectivity index (χ4n) is 6.30. The predicted octanol–water partition coefficient (Wildman–Crippen LogP) is 4.51. The SMILES string of the molecule is CC(C)c1ccc(Cn2cc(CNC34CC5CC(CC(C5)C3)C4)nn2)cc1. The van der Waals surface area contributed by atoms with Crippen molar-refractivity contribution in [3.8, 4) is 0 Å². The van der Waals surface area contributed by atoms with Crippen molar-refractivity contribution < 1.29 is 0 Å². The molecule has 4 bridgehead atoms. The standard InChI is InChI=1S/C23H32N4/c1-16(2)21-5-3-17(4-6-21)14-27-15-22(25-26-27)13-24-23-10-18-7-19(11-23)9-20(8-18)12-23/h3-6,15-16,18-20,24H,7-14H2,1-2H3. The molecule has 0 unspecified atom stereocenters. The molecule has 2 aromatic rings. The van der Waals surface area contributed by atoms with Crippen LogP contribution in [0.25, 0.3) is 0 Å². The summed E-state index contributed by atoms with van der Waals surface area (Å²) in [5.41, 5.74) is 4.14. The molecule has 144 valence electrons. The first-order valence-corrected chi connectivity index (χ1v) is 10.8. The van der Waals surface area contributed by atoms with E-state index in [1.807, 2.05) is 4.68 Å². The minimum atomic E-state index is 0.394. The van der Waals surface area contributed by atoms with Crippen molar-refractivity contribution in [2.24, 2.45) is 17.8 Å². The van der Waals surface area contributed by atoms with Crippen molar-refractivity contribution in [1.29, 1.82) is 0 Å². The van der Waals surface area contributed by atoms with Gasteiger partial charge in [-0.25, -0.2) is 4.68 Å². The Morgan fingerprint density at radius 1 is 1.04 bits per heavy atom. The molecule has 4 aliphatic rings. The highest BCUT2D eigenvalue weighted by Crippen LogP contribution is 2.55. The first-order valence-electron chi connectivity index (χ1n) is 10.8. The molecule has 4 nitrogen and oxygen atoms in total. The van der Waals surface area contributed by atoms with Crippen molar-refractivity contribution >= 4 is 0 Å². The Morgan fingerprint density at radius 3 is 2.26 bits per heavy atom. The van der Waals surface area contributed by atoms with Gasteiger partial charge in [0.15, 0.2) is 0 Å². The smallest absolute Gasteiger partial charge is 0.0965 e. The molecule has 1 heterocycles. The summed E-state index contributed by atoms with van der Waals surface area (Å²) < 4.78 is 1.97. The van der Waals surface area contributed by atoms with Gasteiger partial charge in [0.1, 0.15) is 0 Å². The lowest BCUT2D eigenvalue weighted by atomic mass is 9.53. The fraction of sp³-hybridized carbons (Fsp3) is 0.652. The third-order valence-corrected chi connectivity index (χ3v) is 7.26. The minimum absolute atomic E-state index is 0.394. The van der Waals surface area contributed by atoms with Crippen molar-refractivity contribution in [1.82, 2.24) is 20.3 Å². The Labute approximate surface area is 162 Å². The molecule has 1 N–H and O–H groups in total. The summed E-state index contributed by atoms with van der Waals surface area (Å²) in [4.78, 5) is 0. The summed E-state index contributed by atoms with van der Waals surface area (Å²) in [7, 11) is 0. The van der Waals surface area contributed by atoms with E-state index in [0.717, 1.165) is 36.5 Å². The van der Waals surface area contributed by atoms with Crippen LogP contribution in [0.5, 0.6) is 0 Å². The highest BCUT2D eigenvalue weighted by molar-refractivity contribution is 5.24. The summed E-state index contributed by atoms with van der Waals surface area (Å²) in [6.07, 6.45) is 10.7. The summed E-state index contributed by atoms with van der Waals surface area (Å²) >= 11 is 0. The molecule has 4 heteroatoms. The van der Waals surface area contributed by atoms with Gasteiger partial charge in [-0.3, -0.25) is 0 Å². The lowest BCUT2D eigenvalue weighted by Gasteiger charge is -2.57. The quantitative estimate of drug-likeness (QED) is 0.820. The summed E-state index contributed by atoms with van der Waals surface area (Å²) in [6.45, 7) is 6.12. The van der Waals surface area contributed by atoms with Crippen molar-refractivity contribution in [2.45, 2.75) is 76.9 Å². The van der Waals surface area contributed by atoms with Crippen LogP contribution in [0, 0.1) is 17.8 Å². The van der Waals surface area contributed by atoms with Crippen LogP contribution in [0.4, 0.5) is 0 Å². The number of benzene rings is 1. The van der Waals surface area contributed by atoms with Gasteiger partial charge in [0.2, 0.25) is 0 Å². The molecule has 4 fully saturated rings. The summed E-state index contributed by atoms with van der Waals surface area (Å²) in [5.74, 6) is 3.52. The first kappa shape index (κ1) is 17.4. The maximum Gasteiger partial charge on any atom is 0.0965 e. The molecule has 4 saturated carbocycles. The number of hydrogen-bond acceptors (Lipinski definition) is 3. The molecule has 6 rings (SSSR count). The number of aromatic nitrogens is 3. The zero-order chi connectivity index (χ0) is 18.4. The van der Waals surface area contributed by atoms with E-state index in [0.29, 0.717) is 11.5 Å².